The van der Waals surface area contributed by atoms with Gasteiger partial charge in [-0.1, -0.05) is 81.4 Å². The summed E-state index contributed by atoms with van der Waals surface area (Å²) in [5, 5.41) is 2.84. The molecule has 1 N–H and O–H groups in total. The molecule has 0 aromatic heterocycles. The molecular weight excluding hydrogens is 458 g/mol. The van der Waals surface area contributed by atoms with Crippen molar-refractivity contribution in [2.75, 3.05) is 31.5 Å². The lowest BCUT2D eigenvalue weighted by molar-refractivity contribution is -0.123. The Balaban J connectivity index is 1.47. The number of hydrogen-bond acceptors (Lipinski definition) is 4. The lowest BCUT2D eigenvalue weighted by atomic mass is 9.95. The molecule has 1 saturated heterocycles. The van der Waals surface area contributed by atoms with Crippen LogP contribution in [0.4, 0.5) is 5.69 Å². The summed E-state index contributed by atoms with van der Waals surface area (Å²) in [6.45, 7) is 7.60. The number of hydrogen-bond donors (Lipinski definition) is 1. The van der Waals surface area contributed by atoms with Gasteiger partial charge in [-0.15, -0.1) is 0 Å². The predicted octanol–water partition coefficient (Wildman–Crippen LogP) is 4.77. The monoisotopic (exact) mass is 491 g/mol. The second kappa shape index (κ2) is 10.3. The predicted molar refractivity (Wildman–Crippen MR) is 140 cm³/mol. The molecule has 1 amide bonds. The normalized spacial score (nSPS) is 15.8. The summed E-state index contributed by atoms with van der Waals surface area (Å²) in [6, 6.07) is 27.2. The maximum absolute atomic E-state index is 13.3. The Morgan fingerprint density at radius 2 is 1.26 bits per heavy atom. The molecule has 1 aliphatic rings. The minimum absolute atomic E-state index is 0.0768. The van der Waals surface area contributed by atoms with Crippen LogP contribution in [0.2, 0.25) is 0 Å². The van der Waals surface area contributed by atoms with Gasteiger partial charge in [0.2, 0.25) is 15.9 Å². The number of piperazine rings is 1. The topological polar surface area (TPSA) is 69.7 Å². The number of anilines is 1. The number of nitrogens with one attached hydrogen (secondary N) is 1. The average Bonchev–Trinajstić information content (AvgIpc) is 2.86. The Morgan fingerprint density at radius 1 is 0.771 bits per heavy atom. The number of sulfonamides is 1. The van der Waals surface area contributed by atoms with Crippen LogP contribution >= 0.6 is 0 Å². The first-order valence-corrected chi connectivity index (χ1v) is 13.4. The molecule has 6 nitrogen and oxygen atoms in total. The van der Waals surface area contributed by atoms with E-state index in [1.54, 1.807) is 28.6 Å². The lowest BCUT2D eigenvalue weighted by Gasteiger charge is -2.39. The summed E-state index contributed by atoms with van der Waals surface area (Å²) in [5.74, 6) is -0.115. The molecule has 1 aliphatic heterocycles. The van der Waals surface area contributed by atoms with Gasteiger partial charge in [0.15, 0.2) is 0 Å². The third-order valence-corrected chi connectivity index (χ3v) is 8.21. The van der Waals surface area contributed by atoms with Crippen LogP contribution in [0.1, 0.15) is 37.9 Å². The van der Waals surface area contributed by atoms with E-state index >= 15 is 0 Å². The van der Waals surface area contributed by atoms with Crippen molar-refractivity contribution in [3.05, 3.63) is 96.1 Å². The Kier molecular flexibility index (Phi) is 7.40. The molecule has 0 spiro atoms. The van der Waals surface area contributed by atoms with Crippen molar-refractivity contribution < 1.29 is 13.2 Å². The maximum atomic E-state index is 13.3. The van der Waals surface area contributed by atoms with E-state index in [1.165, 1.54) is 11.1 Å². The fourth-order valence-corrected chi connectivity index (χ4v) is 5.69. The van der Waals surface area contributed by atoms with Crippen LogP contribution in [0, 0.1) is 5.41 Å². The van der Waals surface area contributed by atoms with Gasteiger partial charge in [-0.05, 0) is 35.4 Å². The highest BCUT2D eigenvalue weighted by atomic mass is 32.2. The second-order valence-corrected chi connectivity index (χ2v) is 11.8. The van der Waals surface area contributed by atoms with Gasteiger partial charge in [0, 0.05) is 37.3 Å². The summed E-state index contributed by atoms with van der Waals surface area (Å²) in [5.41, 5.74) is 2.45. The van der Waals surface area contributed by atoms with Crippen molar-refractivity contribution in [3.8, 4) is 0 Å². The zero-order chi connectivity index (χ0) is 25.1. The molecule has 35 heavy (non-hydrogen) atoms. The first-order valence-electron chi connectivity index (χ1n) is 11.9. The Morgan fingerprint density at radius 3 is 1.71 bits per heavy atom. The number of rotatable bonds is 6. The highest BCUT2D eigenvalue weighted by molar-refractivity contribution is 7.89. The molecule has 1 heterocycles. The number of carbonyl (C=O) groups excluding carboxylic acids is 1. The van der Waals surface area contributed by atoms with E-state index in [9.17, 15) is 13.2 Å². The van der Waals surface area contributed by atoms with Gasteiger partial charge in [0.25, 0.3) is 0 Å². The standard InChI is InChI=1S/C28H33N3O3S/c1-28(2,3)27(32)29-24-14-16-25(17-15-24)35(33,34)31-20-18-30(19-21-31)26(22-10-6-4-7-11-22)23-12-8-5-9-13-23/h4-17,26H,18-21H2,1-3H3,(H,29,32). The van der Waals surface area contributed by atoms with Gasteiger partial charge in [-0.2, -0.15) is 4.31 Å². The third-order valence-electron chi connectivity index (χ3n) is 6.30. The van der Waals surface area contributed by atoms with E-state index in [2.05, 4.69) is 34.5 Å². The third kappa shape index (κ3) is 5.81. The fraction of sp³-hybridized carbons (Fsp3) is 0.321. The summed E-state index contributed by atoms with van der Waals surface area (Å²) < 4.78 is 28.2. The summed E-state index contributed by atoms with van der Waals surface area (Å²) in [6.07, 6.45) is 0. The van der Waals surface area contributed by atoms with E-state index in [-0.39, 0.29) is 16.8 Å². The molecular formula is C28H33N3O3S. The quantitative estimate of drug-likeness (QED) is 0.539. The first-order chi connectivity index (χ1) is 16.7. The van der Waals surface area contributed by atoms with Crippen LogP contribution in [-0.4, -0.2) is 49.7 Å². The van der Waals surface area contributed by atoms with E-state index < -0.39 is 15.4 Å². The van der Waals surface area contributed by atoms with E-state index in [1.807, 2.05) is 57.2 Å². The molecule has 0 unspecified atom stereocenters. The van der Waals surface area contributed by atoms with Crippen LogP contribution in [0.3, 0.4) is 0 Å². The van der Waals surface area contributed by atoms with Crippen molar-refractivity contribution in [2.45, 2.75) is 31.7 Å². The first kappa shape index (κ1) is 25.1. The summed E-state index contributed by atoms with van der Waals surface area (Å²) in [7, 11) is -3.62. The molecule has 4 rings (SSSR count). The van der Waals surface area contributed by atoms with Gasteiger partial charge in [-0.3, -0.25) is 9.69 Å². The maximum Gasteiger partial charge on any atom is 0.243 e. The zero-order valence-electron chi connectivity index (χ0n) is 20.5. The number of nitrogens with zero attached hydrogens (tertiary/aromatic N) is 2. The molecule has 0 saturated carbocycles. The molecule has 0 aliphatic carbocycles. The second-order valence-electron chi connectivity index (χ2n) is 9.89. The molecule has 0 radical (unpaired) electrons. The van der Waals surface area contributed by atoms with Crippen LogP contribution in [0.15, 0.2) is 89.8 Å². The SMILES string of the molecule is CC(C)(C)C(=O)Nc1ccc(S(=O)(=O)N2CCN(C(c3ccccc3)c3ccccc3)CC2)cc1. The van der Waals surface area contributed by atoms with Crippen LogP contribution in [-0.2, 0) is 14.8 Å². The Labute approximate surface area is 208 Å². The van der Waals surface area contributed by atoms with Crippen molar-refractivity contribution in [1.82, 2.24) is 9.21 Å². The van der Waals surface area contributed by atoms with Crippen LogP contribution < -0.4 is 5.32 Å². The fourth-order valence-electron chi connectivity index (χ4n) is 4.26. The zero-order valence-corrected chi connectivity index (χ0v) is 21.3. The Bertz CT molecular complexity index is 1190. The van der Waals surface area contributed by atoms with Gasteiger partial charge in [0.05, 0.1) is 10.9 Å². The molecule has 0 atom stereocenters. The molecule has 7 heteroatoms. The van der Waals surface area contributed by atoms with Crippen molar-refractivity contribution in [1.29, 1.82) is 0 Å². The van der Waals surface area contributed by atoms with Crippen LogP contribution in [0.25, 0.3) is 0 Å². The van der Waals surface area contributed by atoms with Gasteiger partial charge >= 0.3 is 0 Å². The van der Waals surface area contributed by atoms with E-state index in [0.717, 1.165) is 0 Å². The molecule has 1 fully saturated rings. The van der Waals surface area contributed by atoms with E-state index in [0.29, 0.717) is 31.9 Å². The minimum atomic E-state index is -3.62. The van der Waals surface area contributed by atoms with Crippen LogP contribution in [0.5, 0.6) is 0 Å². The average molecular weight is 492 g/mol. The molecule has 3 aromatic carbocycles. The minimum Gasteiger partial charge on any atom is -0.326 e. The van der Waals surface area contributed by atoms with Crippen molar-refractivity contribution in [3.63, 3.8) is 0 Å². The van der Waals surface area contributed by atoms with Crippen molar-refractivity contribution >= 4 is 21.6 Å². The molecule has 3 aromatic rings. The highest BCUT2D eigenvalue weighted by Crippen LogP contribution is 2.30. The smallest absolute Gasteiger partial charge is 0.243 e. The molecule has 0 bridgehead atoms. The van der Waals surface area contributed by atoms with Crippen molar-refractivity contribution in [2.24, 2.45) is 5.41 Å². The molecule has 184 valence electrons. The van der Waals surface area contributed by atoms with Gasteiger partial charge in [0.1, 0.15) is 0 Å². The van der Waals surface area contributed by atoms with Gasteiger partial charge in [-0.25, -0.2) is 8.42 Å². The lowest BCUT2D eigenvalue weighted by Crippen LogP contribution is -2.49. The number of amides is 1. The largest absolute Gasteiger partial charge is 0.326 e. The number of benzene rings is 3. The number of carbonyl (C=O) groups is 1. The van der Waals surface area contributed by atoms with Gasteiger partial charge < -0.3 is 5.32 Å². The Hall–Kier alpha value is -3.00. The summed E-state index contributed by atoms with van der Waals surface area (Å²) in [4.78, 5) is 14.8. The highest BCUT2D eigenvalue weighted by Gasteiger charge is 2.32. The van der Waals surface area contributed by atoms with E-state index in [4.69, 9.17) is 0 Å². The summed E-state index contributed by atoms with van der Waals surface area (Å²) >= 11 is 0.